The highest BCUT2D eigenvalue weighted by atomic mass is 32.2. The molecule has 158 valence electrons. The molecule has 0 radical (unpaired) electrons. The number of nitro groups is 2. The number of carboxylic acids is 1. The normalized spacial score (nSPS) is 14.7. The molecule has 0 aliphatic carbocycles. The summed E-state index contributed by atoms with van der Waals surface area (Å²) in [7, 11) is 0. The van der Waals surface area contributed by atoms with Crippen molar-refractivity contribution in [1.82, 2.24) is 4.90 Å². The van der Waals surface area contributed by atoms with Gasteiger partial charge in [-0.05, 0) is 23.8 Å². The summed E-state index contributed by atoms with van der Waals surface area (Å²) in [6, 6.07) is 9.15. The third kappa shape index (κ3) is 5.21. The number of benzene rings is 2. The lowest BCUT2D eigenvalue weighted by Gasteiger charge is -2.10. The Morgan fingerprint density at radius 1 is 1.10 bits per heavy atom. The van der Waals surface area contributed by atoms with E-state index >= 15 is 0 Å². The first-order chi connectivity index (χ1) is 14.6. The van der Waals surface area contributed by atoms with Gasteiger partial charge in [-0.2, -0.15) is 0 Å². The molecule has 0 saturated carbocycles. The van der Waals surface area contributed by atoms with Crippen LogP contribution in [0, 0.1) is 20.2 Å². The first-order valence-corrected chi connectivity index (χ1v) is 9.55. The number of thiocarbonyl (C=S) groups is 1. The molecule has 1 fully saturated rings. The van der Waals surface area contributed by atoms with Crippen molar-refractivity contribution in [3.05, 3.63) is 73.2 Å². The largest absolute Gasteiger partial charge is 0.480 e. The summed E-state index contributed by atoms with van der Waals surface area (Å²) >= 11 is 6.01. The van der Waals surface area contributed by atoms with Gasteiger partial charge in [-0.1, -0.05) is 36.1 Å². The van der Waals surface area contributed by atoms with Gasteiger partial charge in [0.15, 0.2) is 0 Å². The topological polar surface area (TPSA) is 153 Å². The third-order valence-electron chi connectivity index (χ3n) is 3.88. The molecular weight excluding hydrogens is 450 g/mol. The number of nitro benzene ring substituents is 2. The van der Waals surface area contributed by atoms with Gasteiger partial charge in [0, 0.05) is 0 Å². The summed E-state index contributed by atoms with van der Waals surface area (Å²) in [5.74, 6) is -1.52. The van der Waals surface area contributed by atoms with Crippen molar-refractivity contribution in [2.24, 2.45) is 0 Å². The number of thioether (sulfide) groups is 1. The second-order valence-corrected chi connectivity index (χ2v) is 7.71. The molecule has 1 aliphatic heterocycles. The maximum atomic E-state index is 12.3. The number of hydrogen-bond donors (Lipinski definition) is 1. The fraction of sp³-hybridized carbons (Fsp3) is 0.0556. The molecule has 13 heteroatoms. The zero-order chi connectivity index (χ0) is 22.7. The minimum absolute atomic E-state index is 0.0804. The van der Waals surface area contributed by atoms with E-state index in [1.807, 2.05) is 0 Å². The maximum absolute atomic E-state index is 12.3. The molecule has 1 aliphatic rings. The highest BCUT2D eigenvalue weighted by molar-refractivity contribution is 8.26. The predicted octanol–water partition coefficient (Wildman–Crippen LogP) is 3.58. The van der Waals surface area contributed by atoms with Crippen molar-refractivity contribution >= 4 is 57.6 Å². The Labute approximate surface area is 183 Å². The lowest BCUT2D eigenvalue weighted by Crippen LogP contribution is -2.33. The van der Waals surface area contributed by atoms with Crippen LogP contribution in [0.25, 0.3) is 6.08 Å². The molecule has 0 aromatic heterocycles. The molecular formula is C18H11N3O8S2. The Kier molecular flexibility index (Phi) is 6.27. The lowest BCUT2D eigenvalue weighted by molar-refractivity contribution is -0.394. The molecule has 0 atom stereocenters. The summed E-state index contributed by atoms with van der Waals surface area (Å²) in [6.07, 6.45) is 1.53. The number of non-ortho nitro benzene ring substituents is 2. The van der Waals surface area contributed by atoms with Crippen LogP contribution in [0.3, 0.4) is 0 Å². The Bertz CT molecular complexity index is 1110. The van der Waals surface area contributed by atoms with E-state index in [9.17, 15) is 29.8 Å². The van der Waals surface area contributed by atoms with Gasteiger partial charge in [0.25, 0.3) is 17.3 Å². The van der Waals surface area contributed by atoms with Gasteiger partial charge in [-0.15, -0.1) is 0 Å². The molecule has 0 spiro atoms. The minimum Gasteiger partial charge on any atom is -0.480 e. The summed E-state index contributed by atoms with van der Waals surface area (Å²) in [6.45, 7) is -0.524. The van der Waals surface area contributed by atoms with Crippen LogP contribution in [0.1, 0.15) is 5.56 Å². The van der Waals surface area contributed by atoms with E-state index < -0.39 is 39.6 Å². The maximum Gasteiger partial charge on any atom is 0.323 e. The lowest BCUT2D eigenvalue weighted by atomic mass is 10.2. The fourth-order valence-electron chi connectivity index (χ4n) is 2.53. The van der Waals surface area contributed by atoms with Crippen LogP contribution in [0.4, 0.5) is 11.4 Å². The molecule has 1 N–H and O–H groups in total. The second-order valence-electron chi connectivity index (χ2n) is 6.03. The number of carbonyl (C=O) groups is 2. The second kappa shape index (κ2) is 8.89. The number of nitrogens with zero attached hydrogens (tertiary/aromatic N) is 3. The minimum atomic E-state index is -1.18. The average molecular weight is 461 g/mol. The van der Waals surface area contributed by atoms with Crippen LogP contribution < -0.4 is 4.74 Å². The molecule has 1 saturated heterocycles. The molecule has 1 amide bonds. The molecule has 31 heavy (non-hydrogen) atoms. The smallest absolute Gasteiger partial charge is 0.323 e. The summed E-state index contributed by atoms with van der Waals surface area (Å²) in [5.41, 5.74) is -0.374. The highest BCUT2D eigenvalue weighted by Crippen LogP contribution is 2.33. The number of carbonyl (C=O) groups excluding carboxylic acids is 1. The first-order valence-electron chi connectivity index (χ1n) is 8.33. The highest BCUT2D eigenvalue weighted by Gasteiger charge is 2.33. The summed E-state index contributed by atoms with van der Waals surface area (Å²) < 4.78 is 5.63. The molecule has 3 rings (SSSR count). The van der Waals surface area contributed by atoms with Gasteiger partial charge >= 0.3 is 5.97 Å². The van der Waals surface area contributed by atoms with E-state index in [4.69, 9.17) is 22.1 Å². The zero-order valence-electron chi connectivity index (χ0n) is 15.3. The van der Waals surface area contributed by atoms with Gasteiger partial charge in [0.2, 0.25) is 0 Å². The van der Waals surface area contributed by atoms with Crippen LogP contribution in [0.2, 0.25) is 0 Å². The van der Waals surface area contributed by atoms with Crippen molar-refractivity contribution in [1.29, 1.82) is 0 Å². The average Bonchev–Trinajstić information content (AvgIpc) is 2.96. The van der Waals surface area contributed by atoms with Crippen molar-refractivity contribution in [2.45, 2.75) is 0 Å². The monoisotopic (exact) mass is 461 g/mol. The third-order valence-corrected chi connectivity index (χ3v) is 5.26. The van der Waals surface area contributed by atoms with Crippen LogP contribution in [-0.4, -0.2) is 42.6 Å². The van der Waals surface area contributed by atoms with Crippen LogP contribution in [0.5, 0.6) is 11.5 Å². The summed E-state index contributed by atoms with van der Waals surface area (Å²) in [4.78, 5) is 44.8. The van der Waals surface area contributed by atoms with E-state index in [0.29, 0.717) is 5.56 Å². The Balaban J connectivity index is 1.79. The number of rotatable bonds is 7. The number of ether oxygens (including phenoxy) is 1. The van der Waals surface area contributed by atoms with Crippen molar-refractivity contribution < 1.29 is 29.3 Å². The summed E-state index contributed by atoms with van der Waals surface area (Å²) in [5, 5.41) is 30.8. The fourth-order valence-corrected chi connectivity index (χ4v) is 3.78. The Morgan fingerprint density at radius 3 is 2.19 bits per heavy atom. The Hall–Kier alpha value is -3.84. The molecule has 11 nitrogen and oxygen atoms in total. The number of amides is 1. The van der Waals surface area contributed by atoms with Crippen molar-refractivity contribution in [2.75, 3.05) is 6.54 Å². The molecule has 0 bridgehead atoms. The van der Waals surface area contributed by atoms with E-state index in [0.717, 1.165) is 34.9 Å². The van der Waals surface area contributed by atoms with E-state index in [2.05, 4.69) is 0 Å². The molecule has 1 heterocycles. The van der Waals surface area contributed by atoms with Crippen molar-refractivity contribution in [3.63, 3.8) is 0 Å². The first kappa shape index (κ1) is 21.9. The molecule has 2 aromatic rings. The standard InChI is InChI=1S/C18H11N3O8S2/c22-16(23)9-19-17(24)15(31-18(19)30)5-10-1-3-13(4-2-10)29-14-7-11(20(25)26)6-12(8-14)21(27)28/h1-8H,9H2,(H,22,23). The zero-order valence-corrected chi connectivity index (χ0v) is 16.9. The van der Waals surface area contributed by atoms with Crippen LogP contribution in [0.15, 0.2) is 47.4 Å². The van der Waals surface area contributed by atoms with Gasteiger partial charge in [0.05, 0.1) is 33.0 Å². The van der Waals surface area contributed by atoms with Crippen LogP contribution in [-0.2, 0) is 9.59 Å². The van der Waals surface area contributed by atoms with Gasteiger partial charge in [0.1, 0.15) is 22.4 Å². The van der Waals surface area contributed by atoms with E-state index in [1.54, 1.807) is 12.1 Å². The van der Waals surface area contributed by atoms with Crippen molar-refractivity contribution in [3.8, 4) is 11.5 Å². The molecule has 2 aromatic carbocycles. The quantitative estimate of drug-likeness (QED) is 0.280. The number of aliphatic carboxylic acids is 1. The van der Waals surface area contributed by atoms with Gasteiger partial charge < -0.3 is 9.84 Å². The van der Waals surface area contributed by atoms with Gasteiger partial charge in [-0.3, -0.25) is 34.7 Å². The Morgan fingerprint density at radius 2 is 1.68 bits per heavy atom. The van der Waals surface area contributed by atoms with Gasteiger partial charge in [-0.25, -0.2) is 0 Å². The predicted molar refractivity (Wildman–Crippen MR) is 114 cm³/mol. The SMILES string of the molecule is O=C(O)CN1C(=O)C(=Cc2ccc(Oc3cc([N+](=O)[O-])cc([N+](=O)[O-])c3)cc2)SC1=S. The molecule has 0 unspecified atom stereocenters. The van der Waals surface area contributed by atoms with E-state index in [1.165, 1.54) is 18.2 Å². The van der Waals surface area contributed by atoms with Crippen LogP contribution >= 0.6 is 24.0 Å². The van der Waals surface area contributed by atoms with E-state index in [-0.39, 0.29) is 20.7 Å². The number of carboxylic acid groups (broad SMARTS) is 1. The number of hydrogen-bond acceptors (Lipinski definition) is 9.